The first kappa shape index (κ1) is 19.5. The quantitative estimate of drug-likeness (QED) is 0.499. The molecule has 0 heterocycles. The molecule has 0 aliphatic heterocycles. The summed E-state index contributed by atoms with van der Waals surface area (Å²) in [5.74, 6) is 1.88. The highest BCUT2D eigenvalue weighted by atomic mass is 32.1. The Morgan fingerprint density at radius 2 is 1.81 bits per heavy atom. The summed E-state index contributed by atoms with van der Waals surface area (Å²) in [7, 11) is 1.71. The number of para-hydroxylation sites is 1. The lowest BCUT2D eigenvalue weighted by Crippen LogP contribution is -2.29. The summed E-state index contributed by atoms with van der Waals surface area (Å²) in [5.41, 5.74) is 2.19. The molecule has 2 aromatic carbocycles. The Hall–Kier alpha value is -2.27. The third kappa shape index (κ3) is 6.14. The normalized spacial score (nSPS) is 14.0. The van der Waals surface area contributed by atoms with E-state index in [-0.39, 0.29) is 0 Å². The predicted octanol–water partition coefficient (Wildman–Crippen LogP) is 4.94. The van der Waals surface area contributed by atoms with Crippen molar-refractivity contribution < 1.29 is 9.47 Å². The topological polar surface area (TPSA) is 42.5 Å². The molecule has 0 saturated heterocycles. The van der Waals surface area contributed by atoms with E-state index < -0.39 is 0 Å². The molecule has 1 saturated carbocycles. The smallest absolute Gasteiger partial charge is 0.170 e. The van der Waals surface area contributed by atoms with E-state index in [0.717, 1.165) is 36.6 Å². The van der Waals surface area contributed by atoms with Crippen molar-refractivity contribution in [3.05, 3.63) is 54.1 Å². The Morgan fingerprint density at radius 3 is 2.56 bits per heavy atom. The van der Waals surface area contributed by atoms with Crippen molar-refractivity contribution in [1.29, 1.82) is 0 Å². The fourth-order valence-electron chi connectivity index (χ4n) is 3.38. The minimum atomic E-state index is 0.384. The Balaban J connectivity index is 1.37. The van der Waals surface area contributed by atoms with E-state index in [1.54, 1.807) is 7.11 Å². The highest BCUT2D eigenvalue weighted by Gasteiger charge is 2.16. The van der Waals surface area contributed by atoms with Crippen LogP contribution in [0, 0.1) is 0 Å². The zero-order valence-corrected chi connectivity index (χ0v) is 16.7. The number of rotatable bonds is 8. The van der Waals surface area contributed by atoms with Gasteiger partial charge in [0.2, 0.25) is 0 Å². The first-order valence-electron chi connectivity index (χ1n) is 9.68. The highest BCUT2D eigenvalue weighted by molar-refractivity contribution is 7.80. The van der Waals surface area contributed by atoms with Gasteiger partial charge in [0.15, 0.2) is 5.11 Å². The van der Waals surface area contributed by atoms with E-state index in [0.29, 0.717) is 11.2 Å². The van der Waals surface area contributed by atoms with Crippen molar-refractivity contribution in [3.8, 4) is 11.5 Å². The largest absolute Gasteiger partial charge is 0.496 e. The van der Waals surface area contributed by atoms with Crippen LogP contribution < -0.4 is 20.1 Å². The molecule has 2 aromatic rings. The molecule has 2 N–H and O–H groups in total. The minimum absolute atomic E-state index is 0.384. The van der Waals surface area contributed by atoms with Crippen LogP contribution in [-0.4, -0.2) is 24.9 Å². The number of nitrogens with one attached hydrogen (secondary N) is 2. The second-order valence-electron chi connectivity index (χ2n) is 6.84. The van der Waals surface area contributed by atoms with Gasteiger partial charge in [0.25, 0.3) is 0 Å². The third-order valence-corrected chi connectivity index (χ3v) is 5.06. The summed E-state index contributed by atoms with van der Waals surface area (Å²) in [6.45, 7) is 0.812. The van der Waals surface area contributed by atoms with E-state index >= 15 is 0 Å². The zero-order valence-electron chi connectivity index (χ0n) is 15.9. The molecule has 1 aliphatic rings. The molecule has 1 aliphatic carbocycles. The van der Waals surface area contributed by atoms with Gasteiger partial charge in [-0.1, -0.05) is 18.2 Å². The fraction of sp³-hybridized carbons (Fsp3) is 0.409. The average molecular weight is 385 g/mol. The van der Waals surface area contributed by atoms with Crippen molar-refractivity contribution >= 4 is 23.0 Å². The number of ether oxygens (including phenoxy) is 2. The van der Waals surface area contributed by atoms with Crippen molar-refractivity contribution in [2.75, 3.05) is 19.0 Å². The van der Waals surface area contributed by atoms with Crippen molar-refractivity contribution in [3.63, 3.8) is 0 Å². The number of aryl methyl sites for hydroxylation is 1. The average Bonchev–Trinajstić information content (AvgIpc) is 3.20. The van der Waals surface area contributed by atoms with E-state index in [1.807, 2.05) is 42.5 Å². The molecule has 0 radical (unpaired) electrons. The van der Waals surface area contributed by atoms with E-state index in [9.17, 15) is 0 Å². The summed E-state index contributed by atoms with van der Waals surface area (Å²) < 4.78 is 11.4. The fourth-order valence-corrected chi connectivity index (χ4v) is 3.60. The zero-order chi connectivity index (χ0) is 18.9. The lowest BCUT2D eigenvalue weighted by Gasteiger charge is -2.14. The number of benzene rings is 2. The maximum Gasteiger partial charge on any atom is 0.170 e. The predicted molar refractivity (Wildman–Crippen MR) is 115 cm³/mol. The van der Waals surface area contributed by atoms with Crippen LogP contribution in [0.15, 0.2) is 48.5 Å². The molecule has 1 fully saturated rings. The Bertz CT molecular complexity index is 727. The van der Waals surface area contributed by atoms with Crippen LogP contribution in [0.25, 0.3) is 0 Å². The van der Waals surface area contributed by atoms with Gasteiger partial charge in [0, 0.05) is 12.2 Å². The summed E-state index contributed by atoms with van der Waals surface area (Å²) in [5, 5.41) is 7.12. The standard InChI is InChI=1S/C22H28N2O2S/c1-25-21-11-5-2-7-17(21)8-6-16-23-22(27)24-18-12-14-20(15-13-18)26-19-9-3-4-10-19/h2,5,7,11-15,19H,3-4,6,8-10,16H2,1H3,(H2,23,24,27). The van der Waals surface area contributed by atoms with Crippen LogP contribution in [0.3, 0.4) is 0 Å². The summed E-state index contributed by atoms with van der Waals surface area (Å²) in [6, 6.07) is 16.1. The third-order valence-electron chi connectivity index (χ3n) is 4.82. The first-order valence-corrected chi connectivity index (χ1v) is 10.1. The van der Waals surface area contributed by atoms with E-state index in [2.05, 4.69) is 16.7 Å². The molecular weight excluding hydrogens is 356 g/mol. The van der Waals surface area contributed by atoms with Gasteiger partial charge in [0.1, 0.15) is 11.5 Å². The van der Waals surface area contributed by atoms with Crippen LogP contribution >= 0.6 is 12.2 Å². The highest BCUT2D eigenvalue weighted by Crippen LogP contribution is 2.25. The van der Waals surface area contributed by atoms with Gasteiger partial charge in [0.05, 0.1) is 13.2 Å². The monoisotopic (exact) mass is 384 g/mol. The SMILES string of the molecule is COc1ccccc1CCCNC(=S)Nc1ccc(OC2CCCC2)cc1. The van der Waals surface area contributed by atoms with Crippen LogP contribution in [-0.2, 0) is 6.42 Å². The summed E-state index contributed by atoms with van der Waals surface area (Å²) in [4.78, 5) is 0. The van der Waals surface area contributed by atoms with E-state index in [4.69, 9.17) is 21.7 Å². The van der Waals surface area contributed by atoms with Crippen molar-refractivity contribution in [2.45, 2.75) is 44.6 Å². The number of thiocarbonyl (C=S) groups is 1. The number of methoxy groups -OCH3 is 1. The van der Waals surface area contributed by atoms with Crippen LogP contribution in [0.1, 0.15) is 37.7 Å². The minimum Gasteiger partial charge on any atom is -0.496 e. The van der Waals surface area contributed by atoms with Gasteiger partial charge < -0.3 is 20.1 Å². The molecule has 5 heteroatoms. The molecule has 0 atom stereocenters. The molecule has 0 amide bonds. The van der Waals surface area contributed by atoms with Crippen molar-refractivity contribution in [2.24, 2.45) is 0 Å². The van der Waals surface area contributed by atoms with Gasteiger partial charge in [-0.3, -0.25) is 0 Å². The summed E-state index contributed by atoms with van der Waals surface area (Å²) in [6.07, 6.45) is 7.21. The van der Waals surface area contributed by atoms with Crippen LogP contribution in [0.2, 0.25) is 0 Å². The Labute approximate surface area is 167 Å². The molecule has 0 aromatic heterocycles. The first-order chi connectivity index (χ1) is 13.2. The van der Waals surface area contributed by atoms with Gasteiger partial charge in [-0.2, -0.15) is 0 Å². The lowest BCUT2D eigenvalue weighted by molar-refractivity contribution is 0.210. The van der Waals surface area contributed by atoms with Gasteiger partial charge in [-0.25, -0.2) is 0 Å². The number of anilines is 1. The molecule has 0 spiro atoms. The second kappa shape index (κ2) is 10.2. The van der Waals surface area contributed by atoms with Gasteiger partial charge in [-0.05, 0) is 86.6 Å². The van der Waals surface area contributed by atoms with Crippen LogP contribution in [0.4, 0.5) is 5.69 Å². The molecule has 0 unspecified atom stereocenters. The maximum atomic E-state index is 5.99. The molecule has 3 rings (SSSR count). The van der Waals surface area contributed by atoms with Gasteiger partial charge in [-0.15, -0.1) is 0 Å². The lowest BCUT2D eigenvalue weighted by atomic mass is 10.1. The molecule has 144 valence electrons. The molecule has 0 bridgehead atoms. The van der Waals surface area contributed by atoms with Crippen LogP contribution in [0.5, 0.6) is 11.5 Å². The molecular formula is C22H28N2O2S. The number of hydrogen-bond donors (Lipinski definition) is 2. The van der Waals surface area contributed by atoms with Gasteiger partial charge >= 0.3 is 0 Å². The number of hydrogen-bond acceptors (Lipinski definition) is 3. The Morgan fingerprint density at radius 1 is 1.07 bits per heavy atom. The van der Waals surface area contributed by atoms with E-state index in [1.165, 1.54) is 31.2 Å². The molecule has 4 nitrogen and oxygen atoms in total. The second-order valence-corrected chi connectivity index (χ2v) is 7.25. The molecule has 27 heavy (non-hydrogen) atoms. The van der Waals surface area contributed by atoms with Crippen molar-refractivity contribution in [1.82, 2.24) is 5.32 Å². The summed E-state index contributed by atoms with van der Waals surface area (Å²) >= 11 is 5.39. The Kier molecular flexibility index (Phi) is 7.34. The maximum absolute atomic E-state index is 5.99.